The molecule has 3 aromatic rings. The fourth-order valence-electron chi connectivity index (χ4n) is 3.31. The molecule has 0 bridgehead atoms. The number of fused-ring (bicyclic) bond motifs is 2. The summed E-state index contributed by atoms with van der Waals surface area (Å²) in [7, 11) is 0. The largest absolute Gasteiger partial charge is 0.440 e. The molecule has 0 amide bonds. The van der Waals surface area contributed by atoms with E-state index in [4.69, 9.17) is 9.05 Å². The van der Waals surface area contributed by atoms with Gasteiger partial charge in [0.05, 0.1) is 18.2 Å². The van der Waals surface area contributed by atoms with Crippen LogP contribution in [0.25, 0.3) is 21.5 Å². The predicted octanol–water partition coefficient (Wildman–Crippen LogP) is 7.87. The van der Waals surface area contributed by atoms with E-state index in [0.29, 0.717) is 17.9 Å². The molecule has 0 aliphatic heterocycles. The average Bonchev–Trinajstić information content (AvgIpc) is 2.75. The van der Waals surface area contributed by atoms with Crippen LogP contribution in [0.3, 0.4) is 0 Å². The zero-order valence-electron chi connectivity index (χ0n) is 17.8. The van der Waals surface area contributed by atoms with Crippen molar-refractivity contribution in [2.45, 2.75) is 46.5 Å². The van der Waals surface area contributed by atoms with E-state index in [1.807, 2.05) is 30.3 Å². The van der Waals surface area contributed by atoms with Gasteiger partial charge >= 0.3 is 6.80 Å². The van der Waals surface area contributed by atoms with E-state index in [1.54, 1.807) is 0 Å². The first-order chi connectivity index (χ1) is 14.5. The highest BCUT2D eigenvalue weighted by molar-refractivity contribution is 8.55. The Kier molecular flexibility index (Phi) is 7.83. The van der Waals surface area contributed by atoms with E-state index >= 15 is 0 Å². The molecule has 0 aromatic heterocycles. The molecule has 6 heteroatoms. The second-order valence-corrected chi connectivity index (χ2v) is 11.4. The number of rotatable bonds is 10. The first-order valence-electron chi connectivity index (χ1n) is 10.5. The maximum Gasteiger partial charge on any atom is 0.440 e. The van der Waals surface area contributed by atoms with E-state index in [1.165, 1.54) is 11.4 Å². The smallest absolute Gasteiger partial charge is 0.417 e. The molecule has 0 radical (unpaired) electrons. The fourth-order valence-corrected chi connectivity index (χ4v) is 6.70. The number of unbranched alkanes of at least 4 members (excludes halogenated alkanes) is 1. The van der Waals surface area contributed by atoms with Gasteiger partial charge in [0.2, 0.25) is 0 Å². The van der Waals surface area contributed by atoms with E-state index < -0.39 is 6.80 Å². The topological polar surface area (TPSA) is 59.3 Å². The van der Waals surface area contributed by atoms with Crippen molar-refractivity contribution in [3.05, 3.63) is 53.6 Å². The van der Waals surface area contributed by atoms with Crippen LogP contribution in [0.2, 0.25) is 0 Å². The zero-order valence-corrected chi connectivity index (χ0v) is 19.5. The first-order valence-corrected chi connectivity index (χ1v) is 13.6. The third-order valence-electron chi connectivity index (χ3n) is 4.90. The number of hydrogen-bond donors (Lipinski definition) is 0. The van der Waals surface area contributed by atoms with Crippen LogP contribution in [0.5, 0.6) is 5.75 Å². The van der Waals surface area contributed by atoms with Crippen molar-refractivity contribution in [1.29, 1.82) is 5.26 Å². The molecule has 3 rings (SSSR count). The van der Waals surface area contributed by atoms with E-state index in [-0.39, 0.29) is 0 Å². The Bertz CT molecular complexity index is 1120. The van der Waals surface area contributed by atoms with Gasteiger partial charge in [-0.05, 0) is 94.2 Å². The number of hydrogen-bond acceptors (Lipinski definition) is 5. The summed E-state index contributed by atoms with van der Waals surface area (Å²) in [5.74, 6) is 1.29. The lowest BCUT2D eigenvalue weighted by atomic mass is 9.97. The summed E-state index contributed by atoms with van der Waals surface area (Å²) in [5, 5.41) is 13.5. The monoisotopic (exact) mass is 441 g/mol. The number of benzene rings is 3. The minimum absolute atomic E-state index is 0.431. The van der Waals surface area contributed by atoms with Crippen molar-refractivity contribution in [3.8, 4) is 11.8 Å². The lowest BCUT2D eigenvalue weighted by molar-refractivity contribution is 0.275. The number of nitriles is 1. The molecular formula is C24H28NO3PS. The van der Waals surface area contributed by atoms with Gasteiger partial charge in [0, 0.05) is 5.75 Å². The molecule has 0 aliphatic carbocycles. The molecule has 0 saturated carbocycles. The Balaban J connectivity index is 2.02. The molecule has 0 aliphatic rings. The first kappa shape index (κ1) is 22.7. The molecule has 0 heterocycles. The van der Waals surface area contributed by atoms with E-state index in [0.717, 1.165) is 58.5 Å². The minimum Gasteiger partial charge on any atom is -0.417 e. The maximum atomic E-state index is 13.3. The highest BCUT2D eigenvalue weighted by Crippen LogP contribution is 2.60. The molecule has 0 spiro atoms. The summed E-state index contributed by atoms with van der Waals surface area (Å²) in [4.78, 5) is 0. The van der Waals surface area contributed by atoms with Gasteiger partial charge in [0.15, 0.2) is 0 Å². The van der Waals surface area contributed by atoms with Gasteiger partial charge < -0.3 is 4.52 Å². The van der Waals surface area contributed by atoms with Crippen LogP contribution in [0.4, 0.5) is 0 Å². The second kappa shape index (κ2) is 10.4. The maximum absolute atomic E-state index is 13.3. The molecule has 1 unspecified atom stereocenters. The van der Waals surface area contributed by atoms with Crippen LogP contribution >= 0.6 is 18.2 Å². The summed E-state index contributed by atoms with van der Waals surface area (Å²) in [6, 6.07) is 16.0. The van der Waals surface area contributed by atoms with Crippen LogP contribution < -0.4 is 4.52 Å². The third-order valence-corrected chi connectivity index (χ3v) is 8.77. The van der Waals surface area contributed by atoms with Crippen LogP contribution in [0.1, 0.15) is 51.2 Å². The molecule has 1 atom stereocenters. The Labute approximate surface area is 182 Å². The summed E-state index contributed by atoms with van der Waals surface area (Å²) in [6.07, 6.45) is 3.57. The van der Waals surface area contributed by atoms with Gasteiger partial charge in [-0.3, -0.25) is 4.52 Å². The molecule has 3 aromatic carbocycles. The Morgan fingerprint density at radius 3 is 2.53 bits per heavy atom. The minimum atomic E-state index is -3.28. The Hall–Kier alpha value is -1.99. The van der Waals surface area contributed by atoms with Gasteiger partial charge in [0.25, 0.3) is 0 Å². The lowest BCUT2D eigenvalue weighted by Crippen LogP contribution is -1.99. The molecule has 0 fully saturated rings. The van der Waals surface area contributed by atoms with Gasteiger partial charge in [0.1, 0.15) is 5.75 Å². The van der Waals surface area contributed by atoms with Crippen molar-refractivity contribution < 1.29 is 13.6 Å². The highest BCUT2D eigenvalue weighted by Gasteiger charge is 2.27. The van der Waals surface area contributed by atoms with Gasteiger partial charge in [-0.1, -0.05) is 33.3 Å². The highest BCUT2D eigenvalue weighted by atomic mass is 32.7. The van der Waals surface area contributed by atoms with Gasteiger partial charge in [-0.15, -0.1) is 0 Å². The molecule has 0 N–H and O–H groups in total. The van der Waals surface area contributed by atoms with Crippen molar-refractivity contribution in [2.75, 3.05) is 12.4 Å². The third kappa shape index (κ3) is 5.38. The van der Waals surface area contributed by atoms with Gasteiger partial charge in [-0.25, -0.2) is 4.57 Å². The van der Waals surface area contributed by atoms with Crippen molar-refractivity contribution in [1.82, 2.24) is 0 Å². The number of aryl methyl sites for hydroxylation is 1. The Morgan fingerprint density at radius 2 is 1.83 bits per heavy atom. The lowest BCUT2D eigenvalue weighted by Gasteiger charge is -2.19. The van der Waals surface area contributed by atoms with Crippen LogP contribution in [0.15, 0.2) is 42.5 Å². The molecule has 4 nitrogen and oxygen atoms in total. The Morgan fingerprint density at radius 1 is 1.00 bits per heavy atom. The van der Waals surface area contributed by atoms with Crippen LogP contribution in [0, 0.1) is 11.3 Å². The van der Waals surface area contributed by atoms with Crippen molar-refractivity contribution >= 4 is 39.7 Å². The van der Waals surface area contributed by atoms with Crippen LogP contribution in [-0.4, -0.2) is 12.4 Å². The van der Waals surface area contributed by atoms with Crippen LogP contribution in [-0.2, 0) is 15.5 Å². The van der Waals surface area contributed by atoms with Gasteiger partial charge in [-0.2, -0.15) is 5.26 Å². The average molecular weight is 442 g/mol. The zero-order chi connectivity index (χ0) is 21.6. The predicted molar refractivity (Wildman–Crippen MR) is 127 cm³/mol. The fraction of sp³-hybridized carbons (Fsp3) is 0.375. The summed E-state index contributed by atoms with van der Waals surface area (Å²) >= 11 is 1.27. The summed E-state index contributed by atoms with van der Waals surface area (Å²) in [6.45, 7) is 3.38. The molecular weight excluding hydrogens is 413 g/mol. The normalized spacial score (nSPS) is 13.3. The standard InChI is InChI=1S/C24H28NO3PS/c1-4-7-10-27-29(26,30-11-5-2)28-23-14-19(6-3)24-16-20-9-8-18(17-25)12-21(20)13-22(24)15-23/h8-9,12-16H,4-7,10-11H2,1-3H3. The van der Waals surface area contributed by atoms with E-state index in [9.17, 15) is 9.83 Å². The molecule has 158 valence electrons. The second-order valence-electron chi connectivity index (χ2n) is 7.24. The van der Waals surface area contributed by atoms with Crippen molar-refractivity contribution in [2.24, 2.45) is 0 Å². The molecule has 0 saturated heterocycles. The SMILES string of the molecule is CCCCOP(=O)(Oc1cc(CC)c2cc3ccc(C#N)cc3cc2c1)SCCC. The van der Waals surface area contributed by atoms with E-state index in [2.05, 4.69) is 39.0 Å². The summed E-state index contributed by atoms with van der Waals surface area (Å²) in [5.41, 5.74) is 1.77. The van der Waals surface area contributed by atoms with Crippen molar-refractivity contribution in [3.63, 3.8) is 0 Å². The molecule has 30 heavy (non-hydrogen) atoms. The number of nitrogens with zero attached hydrogens (tertiary/aromatic N) is 1. The quantitative estimate of drug-likeness (QED) is 0.182. The summed E-state index contributed by atoms with van der Waals surface area (Å²) < 4.78 is 25.1.